The molecular formula is C4H13NO. The van der Waals surface area contributed by atoms with E-state index in [2.05, 4.69) is 0 Å². The van der Waals surface area contributed by atoms with Crippen LogP contribution >= 0.6 is 0 Å². The summed E-state index contributed by atoms with van der Waals surface area (Å²) in [6.07, 6.45) is 0.722. The average molecular weight is 91.2 g/mol. The van der Waals surface area contributed by atoms with E-state index in [0.717, 1.165) is 6.42 Å². The van der Waals surface area contributed by atoms with Crippen LogP contribution in [0.15, 0.2) is 0 Å². The highest BCUT2D eigenvalue weighted by molar-refractivity contribution is 4.28. The fraction of sp³-hybridized carbons (Fsp3) is 1.00. The molecule has 0 atom stereocenters. The lowest BCUT2D eigenvalue weighted by atomic mass is 10.5. The quantitative estimate of drug-likeness (QED) is 0.501. The maximum absolute atomic E-state index is 7.99. The Bertz CT molecular complexity index is 15.0. The molecule has 0 saturated heterocycles. The van der Waals surface area contributed by atoms with E-state index in [1.807, 2.05) is 0 Å². The van der Waals surface area contributed by atoms with Gasteiger partial charge in [-0.15, -0.1) is 0 Å². The Morgan fingerprint density at radius 1 is 1.50 bits per heavy atom. The number of rotatable bonds is 2. The van der Waals surface area contributed by atoms with Gasteiger partial charge in [0.2, 0.25) is 0 Å². The van der Waals surface area contributed by atoms with Gasteiger partial charge in [0.15, 0.2) is 0 Å². The maximum Gasteiger partial charge on any atom is 0.0443 e. The van der Waals surface area contributed by atoms with Crippen molar-refractivity contribution < 1.29 is 5.11 Å². The average Bonchev–Trinajstić information content (AvgIpc) is 1.41. The second-order valence-corrected chi connectivity index (χ2v) is 0.866. The minimum atomic E-state index is 0. The first-order chi connectivity index (χ1) is 2.41. The summed E-state index contributed by atoms with van der Waals surface area (Å²) in [5, 5.41) is 7.99. The van der Waals surface area contributed by atoms with Gasteiger partial charge in [-0.3, -0.25) is 0 Å². The van der Waals surface area contributed by atoms with E-state index < -0.39 is 0 Å². The van der Waals surface area contributed by atoms with Crippen molar-refractivity contribution in [1.29, 1.82) is 0 Å². The van der Waals surface area contributed by atoms with E-state index in [1.165, 1.54) is 0 Å². The summed E-state index contributed by atoms with van der Waals surface area (Å²) >= 11 is 0. The van der Waals surface area contributed by atoms with Gasteiger partial charge in [-0.1, -0.05) is 7.43 Å². The fourth-order valence-electron chi connectivity index (χ4n) is 0.0913. The highest BCUT2D eigenvalue weighted by atomic mass is 16.2. The maximum atomic E-state index is 7.99. The summed E-state index contributed by atoms with van der Waals surface area (Å²) < 4.78 is 0. The van der Waals surface area contributed by atoms with Gasteiger partial charge in [-0.05, 0) is 13.0 Å². The van der Waals surface area contributed by atoms with Gasteiger partial charge in [0, 0.05) is 6.61 Å². The van der Waals surface area contributed by atoms with Crippen LogP contribution < -0.4 is 5.73 Å². The third-order valence-corrected chi connectivity index (χ3v) is 0.362. The standard InChI is InChI=1S/C3H9NO.CH4/c4-2-1-3-5;/h5H,1-4H2;1H4. The second-order valence-electron chi connectivity index (χ2n) is 0.866. The zero-order chi connectivity index (χ0) is 4.12. The van der Waals surface area contributed by atoms with Gasteiger partial charge in [-0.2, -0.15) is 0 Å². The second kappa shape index (κ2) is 8.87. The van der Waals surface area contributed by atoms with Crippen molar-refractivity contribution in [1.82, 2.24) is 0 Å². The van der Waals surface area contributed by atoms with Crippen LogP contribution in [-0.2, 0) is 0 Å². The Labute approximate surface area is 39.0 Å². The molecular weight excluding hydrogens is 78.0 g/mol. The number of aliphatic hydroxyl groups excluding tert-OH is 1. The molecule has 0 aromatic carbocycles. The summed E-state index contributed by atoms with van der Waals surface area (Å²) in [4.78, 5) is 0. The van der Waals surface area contributed by atoms with Crippen molar-refractivity contribution in [3.8, 4) is 0 Å². The molecule has 0 radical (unpaired) electrons. The Balaban J connectivity index is 0. The molecule has 0 fully saturated rings. The van der Waals surface area contributed by atoms with Crippen molar-refractivity contribution in [2.24, 2.45) is 5.73 Å². The van der Waals surface area contributed by atoms with Gasteiger partial charge in [0.1, 0.15) is 0 Å². The topological polar surface area (TPSA) is 46.2 Å². The Morgan fingerprint density at radius 3 is 2.00 bits per heavy atom. The van der Waals surface area contributed by atoms with E-state index in [-0.39, 0.29) is 14.0 Å². The first-order valence-electron chi connectivity index (χ1n) is 1.72. The van der Waals surface area contributed by atoms with E-state index in [0.29, 0.717) is 6.54 Å². The molecule has 0 spiro atoms. The number of aliphatic hydroxyl groups is 1. The van der Waals surface area contributed by atoms with Crippen molar-refractivity contribution in [3.05, 3.63) is 0 Å². The summed E-state index contributed by atoms with van der Waals surface area (Å²) in [7, 11) is 0. The normalized spacial score (nSPS) is 7.00. The third-order valence-electron chi connectivity index (χ3n) is 0.362. The van der Waals surface area contributed by atoms with Gasteiger partial charge >= 0.3 is 0 Å². The lowest BCUT2D eigenvalue weighted by Crippen LogP contribution is -1.99. The SMILES string of the molecule is C.NCCCO. The van der Waals surface area contributed by atoms with Crippen molar-refractivity contribution >= 4 is 0 Å². The highest BCUT2D eigenvalue weighted by Gasteiger charge is 1.69. The van der Waals surface area contributed by atoms with Crippen LogP contribution in [0.25, 0.3) is 0 Å². The third kappa shape index (κ3) is 9.07. The summed E-state index contributed by atoms with van der Waals surface area (Å²) in [6, 6.07) is 0. The van der Waals surface area contributed by atoms with Crippen LogP contribution in [-0.4, -0.2) is 18.3 Å². The molecule has 0 aromatic rings. The van der Waals surface area contributed by atoms with E-state index in [4.69, 9.17) is 10.8 Å². The molecule has 0 unspecified atom stereocenters. The fourth-order valence-corrected chi connectivity index (χ4v) is 0.0913. The molecule has 0 bridgehead atoms. The van der Waals surface area contributed by atoms with Gasteiger partial charge in [0.05, 0.1) is 0 Å². The van der Waals surface area contributed by atoms with Gasteiger partial charge < -0.3 is 10.8 Å². The molecule has 2 nitrogen and oxygen atoms in total. The molecule has 6 heavy (non-hydrogen) atoms. The summed E-state index contributed by atoms with van der Waals surface area (Å²) in [5.74, 6) is 0. The number of nitrogens with two attached hydrogens (primary N) is 1. The lowest BCUT2D eigenvalue weighted by Gasteiger charge is -1.80. The lowest BCUT2D eigenvalue weighted by molar-refractivity contribution is 0.291. The molecule has 0 aliphatic heterocycles. The van der Waals surface area contributed by atoms with Crippen molar-refractivity contribution in [3.63, 3.8) is 0 Å². The van der Waals surface area contributed by atoms with Gasteiger partial charge in [0.25, 0.3) is 0 Å². The monoisotopic (exact) mass is 91.1 g/mol. The Kier molecular flexibility index (Phi) is 13.8. The van der Waals surface area contributed by atoms with Crippen LogP contribution in [0.4, 0.5) is 0 Å². The molecule has 0 saturated carbocycles. The molecule has 0 amide bonds. The van der Waals surface area contributed by atoms with Crippen LogP contribution in [0.2, 0.25) is 0 Å². The number of hydrogen-bond acceptors (Lipinski definition) is 2. The smallest absolute Gasteiger partial charge is 0.0443 e. The number of hydrogen-bond donors (Lipinski definition) is 2. The molecule has 0 heterocycles. The minimum Gasteiger partial charge on any atom is -0.396 e. The molecule has 3 N–H and O–H groups in total. The Hall–Kier alpha value is -0.0800. The van der Waals surface area contributed by atoms with Crippen LogP contribution in [0.5, 0.6) is 0 Å². The predicted octanol–water partition coefficient (Wildman–Crippen LogP) is -0.0364. The van der Waals surface area contributed by atoms with Gasteiger partial charge in [-0.25, -0.2) is 0 Å². The highest BCUT2D eigenvalue weighted by Crippen LogP contribution is 1.62. The largest absolute Gasteiger partial charge is 0.396 e. The van der Waals surface area contributed by atoms with E-state index in [9.17, 15) is 0 Å². The zero-order valence-electron chi connectivity index (χ0n) is 3.15. The zero-order valence-corrected chi connectivity index (χ0v) is 3.15. The Morgan fingerprint density at radius 2 is 2.00 bits per heavy atom. The molecule has 40 valence electrons. The summed E-state index contributed by atoms with van der Waals surface area (Å²) in [5.41, 5.74) is 4.98. The first-order valence-corrected chi connectivity index (χ1v) is 1.72. The molecule has 0 rings (SSSR count). The summed E-state index contributed by atoms with van der Waals surface area (Å²) in [6.45, 7) is 0.812. The first kappa shape index (κ1) is 9.33. The molecule has 0 aliphatic rings. The predicted molar refractivity (Wildman–Crippen MR) is 27.5 cm³/mol. The minimum absolute atomic E-state index is 0. The molecule has 0 aromatic heterocycles. The van der Waals surface area contributed by atoms with Crippen LogP contribution in [0, 0.1) is 0 Å². The molecule has 2 heteroatoms. The van der Waals surface area contributed by atoms with Crippen molar-refractivity contribution in [2.45, 2.75) is 13.8 Å². The van der Waals surface area contributed by atoms with Crippen LogP contribution in [0.3, 0.4) is 0 Å². The van der Waals surface area contributed by atoms with E-state index in [1.54, 1.807) is 0 Å². The molecule has 0 aliphatic carbocycles. The van der Waals surface area contributed by atoms with Crippen molar-refractivity contribution in [2.75, 3.05) is 13.2 Å². The van der Waals surface area contributed by atoms with Crippen LogP contribution in [0.1, 0.15) is 13.8 Å². The van der Waals surface area contributed by atoms with E-state index >= 15 is 0 Å².